The third-order valence-corrected chi connectivity index (χ3v) is 10.4. The molecule has 3 aromatic rings. The molecule has 2 N–H and O–H groups in total. The zero-order chi connectivity index (χ0) is 31.1. The Morgan fingerprint density at radius 2 is 1.72 bits per heavy atom. The lowest BCUT2D eigenvalue weighted by molar-refractivity contribution is -0.0328. The second-order valence-corrected chi connectivity index (χ2v) is 14.1. The molecule has 2 heterocycles. The van der Waals surface area contributed by atoms with E-state index in [2.05, 4.69) is 44.0 Å². The highest BCUT2D eigenvalue weighted by Gasteiger charge is 2.40. The molecule has 14 heteroatoms. The molecule has 234 valence electrons. The topological polar surface area (TPSA) is 122 Å². The lowest BCUT2D eigenvalue weighted by Gasteiger charge is -2.32. The maximum absolute atomic E-state index is 15.2. The first-order chi connectivity index (χ1) is 20.2. The van der Waals surface area contributed by atoms with Crippen LogP contribution in [0.4, 0.5) is 24.8 Å². The molecule has 5 rings (SSSR count). The number of halogens is 3. The van der Waals surface area contributed by atoms with Crippen molar-refractivity contribution in [3.63, 3.8) is 0 Å². The van der Waals surface area contributed by atoms with Gasteiger partial charge < -0.3 is 10.2 Å². The van der Waals surface area contributed by atoms with Crippen molar-refractivity contribution in [3.05, 3.63) is 40.6 Å². The van der Waals surface area contributed by atoms with Crippen LogP contribution in [0.1, 0.15) is 71.3 Å². The summed E-state index contributed by atoms with van der Waals surface area (Å²) in [6.07, 6.45) is 4.13. The molecular formula is C29H38F3N7O3S. The molecule has 1 aromatic carbocycles. The van der Waals surface area contributed by atoms with Crippen LogP contribution in [-0.2, 0) is 10.0 Å². The molecule has 2 saturated carbocycles. The number of sulfonamides is 1. The van der Waals surface area contributed by atoms with Crippen molar-refractivity contribution < 1.29 is 21.6 Å². The third kappa shape index (κ3) is 6.79. The van der Waals surface area contributed by atoms with E-state index in [0.717, 1.165) is 31.7 Å². The van der Waals surface area contributed by atoms with Crippen LogP contribution < -0.4 is 15.6 Å². The number of alkyl halides is 2. The maximum atomic E-state index is 15.2. The minimum atomic E-state index is -4.09. The second-order valence-electron chi connectivity index (χ2n) is 12.1. The Balaban J connectivity index is 1.39. The molecule has 0 atom stereocenters. The average Bonchev–Trinajstić information content (AvgIpc) is 2.93. The summed E-state index contributed by atoms with van der Waals surface area (Å²) in [6.45, 7) is 3.67. The molecule has 0 amide bonds. The van der Waals surface area contributed by atoms with Gasteiger partial charge in [-0.25, -0.2) is 31.6 Å². The summed E-state index contributed by atoms with van der Waals surface area (Å²) in [6, 6.07) is 4.12. The van der Waals surface area contributed by atoms with Gasteiger partial charge in [-0.05, 0) is 78.6 Å². The number of rotatable bonds is 8. The van der Waals surface area contributed by atoms with Crippen LogP contribution in [0.2, 0.25) is 0 Å². The van der Waals surface area contributed by atoms with Crippen molar-refractivity contribution in [3.8, 4) is 11.3 Å². The van der Waals surface area contributed by atoms with Crippen molar-refractivity contribution in [2.24, 2.45) is 0 Å². The van der Waals surface area contributed by atoms with Gasteiger partial charge in [0.1, 0.15) is 17.0 Å². The minimum absolute atomic E-state index is 0.0321. The Morgan fingerprint density at radius 3 is 2.33 bits per heavy atom. The van der Waals surface area contributed by atoms with Gasteiger partial charge >= 0.3 is 0 Å². The van der Waals surface area contributed by atoms with Gasteiger partial charge in [-0.2, -0.15) is 4.98 Å². The summed E-state index contributed by atoms with van der Waals surface area (Å²) in [5.74, 6) is -3.39. The van der Waals surface area contributed by atoms with Crippen molar-refractivity contribution in [2.45, 2.75) is 94.5 Å². The Bertz CT molecular complexity index is 1650. The molecule has 2 aromatic heterocycles. The van der Waals surface area contributed by atoms with E-state index < -0.39 is 45.4 Å². The molecule has 43 heavy (non-hydrogen) atoms. The number of benzene rings is 1. The number of aromatic nitrogens is 4. The average molecular weight is 622 g/mol. The maximum Gasteiger partial charge on any atom is 0.278 e. The molecule has 0 spiro atoms. The number of hydrogen-bond acceptors (Lipinski definition) is 8. The molecule has 0 aliphatic heterocycles. The van der Waals surface area contributed by atoms with Crippen LogP contribution in [0.5, 0.6) is 0 Å². The van der Waals surface area contributed by atoms with Crippen LogP contribution >= 0.6 is 0 Å². The fourth-order valence-corrected chi connectivity index (χ4v) is 7.46. The van der Waals surface area contributed by atoms with E-state index in [4.69, 9.17) is 0 Å². The van der Waals surface area contributed by atoms with Crippen molar-refractivity contribution >= 4 is 32.8 Å². The van der Waals surface area contributed by atoms with Crippen LogP contribution in [0.25, 0.3) is 22.4 Å². The highest BCUT2D eigenvalue weighted by molar-refractivity contribution is 7.93. The highest BCUT2D eigenvalue weighted by atomic mass is 32.2. The Morgan fingerprint density at radius 1 is 1.05 bits per heavy atom. The molecule has 0 saturated heterocycles. The van der Waals surface area contributed by atoms with E-state index in [1.165, 1.54) is 22.9 Å². The fourth-order valence-electron chi connectivity index (χ4n) is 5.96. The summed E-state index contributed by atoms with van der Waals surface area (Å²) in [5, 5.41) is 2.36. The monoisotopic (exact) mass is 621 g/mol. The van der Waals surface area contributed by atoms with E-state index in [9.17, 15) is 22.0 Å². The van der Waals surface area contributed by atoms with Gasteiger partial charge in [-0.15, -0.1) is 0 Å². The number of nitrogens with zero attached hydrogens (tertiary/aromatic N) is 5. The summed E-state index contributed by atoms with van der Waals surface area (Å²) in [7, 11) is 0.0881. The SMILES string of the molecule is CC(C)n1c(=O)c(-c2ccc(NS(=O)(=O)C3CCC(F)(F)CC3)c(F)c2)nc2cnc(N[C@H]3CC[C@H](N(C)C)CC3)nc21. The molecule has 0 radical (unpaired) electrons. The van der Waals surface area contributed by atoms with E-state index in [-0.39, 0.29) is 41.9 Å². The quantitative estimate of drug-likeness (QED) is 0.353. The molecular weight excluding hydrogens is 583 g/mol. The van der Waals surface area contributed by atoms with E-state index >= 15 is 4.39 Å². The first kappa shape index (κ1) is 31.2. The van der Waals surface area contributed by atoms with Crippen LogP contribution in [0, 0.1) is 5.82 Å². The lowest BCUT2D eigenvalue weighted by Crippen LogP contribution is -2.36. The largest absolute Gasteiger partial charge is 0.351 e. The van der Waals surface area contributed by atoms with Crippen molar-refractivity contribution in [1.29, 1.82) is 0 Å². The predicted octanol–water partition coefficient (Wildman–Crippen LogP) is 5.18. The van der Waals surface area contributed by atoms with Gasteiger partial charge in [0.05, 0.1) is 17.1 Å². The molecule has 2 aliphatic rings. The summed E-state index contributed by atoms with van der Waals surface area (Å²) in [5.41, 5.74) is 0.0177. The van der Waals surface area contributed by atoms with E-state index in [0.29, 0.717) is 23.2 Å². The van der Waals surface area contributed by atoms with Crippen LogP contribution in [-0.4, -0.2) is 70.2 Å². The van der Waals surface area contributed by atoms with Gasteiger partial charge in [0.25, 0.3) is 5.56 Å². The molecule has 0 unspecified atom stereocenters. The van der Waals surface area contributed by atoms with Crippen molar-refractivity contribution in [1.82, 2.24) is 24.4 Å². The summed E-state index contributed by atoms with van der Waals surface area (Å²) < 4.78 is 71.4. The van der Waals surface area contributed by atoms with Gasteiger partial charge in [0.15, 0.2) is 5.65 Å². The lowest BCUT2D eigenvalue weighted by atomic mass is 9.91. The third-order valence-electron chi connectivity index (χ3n) is 8.51. The van der Waals surface area contributed by atoms with E-state index in [1.54, 1.807) is 0 Å². The molecule has 2 aliphatic carbocycles. The van der Waals surface area contributed by atoms with Crippen LogP contribution in [0.15, 0.2) is 29.2 Å². The van der Waals surface area contributed by atoms with E-state index in [1.807, 2.05) is 13.8 Å². The van der Waals surface area contributed by atoms with Gasteiger partial charge in [-0.3, -0.25) is 14.1 Å². The molecule has 0 bridgehead atoms. The van der Waals surface area contributed by atoms with Gasteiger partial charge in [0.2, 0.25) is 21.9 Å². The Hall–Kier alpha value is -3.26. The zero-order valence-corrected chi connectivity index (χ0v) is 25.6. The van der Waals surface area contributed by atoms with Gasteiger partial charge in [0, 0.05) is 36.5 Å². The normalized spacial score (nSPS) is 21.4. The summed E-state index contributed by atoms with van der Waals surface area (Å²) >= 11 is 0. The second kappa shape index (κ2) is 12.0. The van der Waals surface area contributed by atoms with Crippen molar-refractivity contribution in [2.75, 3.05) is 24.1 Å². The predicted molar refractivity (Wildman–Crippen MR) is 160 cm³/mol. The smallest absolute Gasteiger partial charge is 0.278 e. The molecule has 2 fully saturated rings. The Kier molecular flexibility index (Phi) is 8.72. The number of anilines is 2. The number of hydrogen-bond donors (Lipinski definition) is 2. The molecule has 10 nitrogen and oxygen atoms in total. The fraction of sp³-hybridized carbons (Fsp3) is 0.586. The van der Waals surface area contributed by atoms with Gasteiger partial charge in [-0.1, -0.05) is 6.07 Å². The minimum Gasteiger partial charge on any atom is -0.351 e. The van der Waals surface area contributed by atoms with Crippen LogP contribution in [0.3, 0.4) is 0 Å². The zero-order valence-electron chi connectivity index (χ0n) is 24.8. The standard InChI is InChI=1S/C29H38F3N7O3S/c1-17(2)39-26-24(16-33-28(36-26)34-19-6-8-20(9-7-19)38(3)4)35-25(27(39)40)18-5-10-23(22(30)15-18)37-43(41,42)21-11-13-29(31,32)14-12-21/h5,10,15-17,19-21,37H,6-9,11-14H2,1-4H3,(H,33,34,36)/t19-,20-. The summed E-state index contributed by atoms with van der Waals surface area (Å²) in [4.78, 5) is 29.4. The Labute approximate surface area is 249 Å². The number of nitrogens with one attached hydrogen (secondary N) is 2. The highest BCUT2D eigenvalue weighted by Crippen LogP contribution is 2.36. The first-order valence-corrected chi connectivity index (χ1v) is 16.2. The first-order valence-electron chi connectivity index (χ1n) is 14.7. The number of fused-ring (bicyclic) bond motifs is 1.